The van der Waals surface area contributed by atoms with Crippen LogP contribution in [-0.4, -0.2) is 23.2 Å². The van der Waals surface area contributed by atoms with E-state index in [4.69, 9.17) is 0 Å². The van der Waals surface area contributed by atoms with Crippen molar-refractivity contribution in [3.63, 3.8) is 0 Å². The molecule has 1 aliphatic rings. The Morgan fingerprint density at radius 3 is 2.33 bits per heavy atom. The average Bonchev–Trinajstić information content (AvgIpc) is 2.15. The number of nitrogens with one attached hydrogen (secondary N) is 1. The van der Waals surface area contributed by atoms with E-state index in [1.54, 1.807) is 0 Å². The molecule has 0 saturated heterocycles. The molecule has 1 fully saturated rings. The summed E-state index contributed by atoms with van der Waals surface area (Å²) in [5, 5.41) is 12.3. The molecule has 88 valence electrons. The number of hydrogen-bond donors (Lipinski definition) is 2. The minimum absolute atomic E-state index is 0.263. The first-order valence-electron chi connectivity index (χ1n) is 5.90. The fourth-order valence-electron chi connectivity index (χ4n) is 1.99. The summed E-state index contributed by atoms with van der Waals surface area (Å²) in [4.78, 5) is 11.4. The Morgan fingerprint density at radius 2 is 1.87 bits per heavy atom. The Hall–Kier alpha value is -0.570. The summed E-state index contributed by atoms with van der Waals surface area (Å²) in [5.74, 6) is 1.18. The molecule has 3 heteroatoms. The van der Waals surface area contributed by atoms with Gasteiger partial charge in [0.1, 0.15) is 5.60 Å². The summed E-state index contributed by atoms with van der Waals surface area (Å²) in [6.45, 7) is 6.04. The zero-order chi connectivity index (χ0) is 11.5. The van der Waals surface area contributed by atoms with Gasteiger partial charge < -0.3 is 10.4 Å². The zero-order valence-electron chi connectivity index (χ0n) is 10.0. The molecular weight excluding hydrogens is 190 g/mol. The number of amides is 1. The van der Waals surface area contributed by atoms with Gasteiger partial charge in [0.15, 0.2) is 0 Å². The predicted molar refractivity (Wildman–Crippen MR) is 60.4 cm³/mol. The third kappa shape index (κ3) is 4.20. The van der Waals surface area contributed by atoms with E-state index in [9.17, 15) is 9.90 Å². The number of carbonyl (C=O) groups is 1. The number of aliphatic hydroxyl groups is 1. The summed E-state index contributed by atoms with van der Waals surface area (Å²) < 4.78 is 0. The van der Waals surface area contributed by atoms with E-state index in [2.05, 4.69) is 12.2 Å². The van der Waals surface area contributed by atoms with Gasteiger partial charge in [-0.15, -0.1) is 0 Å². The molecular formula is C12H23NO2. The molecule has 1 rings (SSSR count). The van der Waals surface area contributed by atoms with Gasteiger partial charge in [0, 0.05) is 6.54 Å². The van der Waals surface area contributed by atoms with Crippen LogP contribution in [0.3, 0.4) is 0 Å². The van der Waals surface area contributed by atoms with Gasteiger partial charge in [-0.3, -0.25) is 4.79 Å². The molecule has 0 aliphatic heterocycles. The maximum Gasteiger partial charge on any atom is 0.251 e. The lowest BCUT2D eigenvalue weighted by Crippen LogP contribution is -2.44. The van der Waals surface area contributed by atoms with Crippen molar-refractivity contribution in [2.75, 3.05) is 6.54 Å². The van der Waals surface area contributed by atoms with Crippen LogP contribution in [0.5, 0.6) is 0 Å². The van der Waals surface area contributed by atoms with Gasteiger partial charge in [0.05, 0.1) is 0 Å². The minimum atomic E-state index is -1.25. The largest absolute Gasteiger partial charge is 0.381 e. The van der Waals surface area contributed by atoms with Crippen molar-refractivity contribution in [1.82, 2.24) is 5.32 Å². The first-order valence-corrected chi connectivity index (χ1v) is 5.90. The molecule has 0 aromatic rings. The maximum absolute atomic E-state index is 11.4. The molecule has 15 heavy (non-hydrogen) atoms. The highest BCUT2D eigenvalue weighted by Crippen LogP contribution is 2.27. The Morgan fingerprint density at radius 1 is 1.33 bits per heavy atom. The Bertz CT molecular complexity index is 212. The predicted octanol–water partition coefficient (Wildman–Crippen LogP) is 1.70. The van der Waals surface area contributed by atoms with Gasteiger partial charge in [0.2, 0.25) is 0 Å². The van der Waals surface area contributed by atoms with Gasteiger partial charge in [-0.2, -0.15) is 0 Å². The minimum Gasteiger partial charge on any atom is -0.381 e. The van der Waals surface area contributed by atoms with Crippen molar-refractivity contribution in [1.29, 1.82) is 0 Å². The van der Waals surface area contributed by atoms with E-state index in [1.807, 2.05) is 0 Å². The molecule has 0 aromatic heterocycles. The first-order chi connectivity index (χ1) is 6.89. The second-order valence-electron chi connectivity index (χ2n) is 5.39. The summed E-state index contributed by atoms with van der Waals surface area (Å²) >= 11 is 0. The molecule has 0 radical (unpaired) electrons. The number of carbonyl (C=O) groups excluding carboxylic acids is 1. The highest BCUT2D eigenvalue weighted by atomic mass is 16.3. The maximum atomic E-state index is 11.4. The SMILES string of the molecule is CC1CCC(CNC(=O)C(C)(C)O)CC1. The van der Waals surface area contributed by atoms with E-state index in [0.717, 1.165) is 12.5 Å². The van der Waals surface area contributed by atoms with Crippen LogP contribution in [0.1, 0.15) is 46.5 Å². The van der Waals surface area contributed by atoms with E-state index in [1.165, 1.54) is 39.5 Å². The average molecular weight is 213 g/mol. The molecule has 0 spiro atoms. The molecule has 1 aliphatic carbocycles. The van der Waals surface area contributed by atoms with Gasteiger partial charge >= 0.3 is 0 Å². The third-order valence-electron chi connectivity index (χ3n) is 3.24. The topological polar surface area (TPSA) is 49.3 Å². The molecule has 1 saturated carbocycles. The van der Waals surface area contributed by atoms with Crippen molar-refractivity contribution >= 4 is 5.91 Å². The van der Waals surface area contributed by atoms with Crippen LogP contribution in [0.25, 0.3) is 0 Å². The van der Waals surface area contributed by atoms with E-state index in [0.29, 0.717) is 5.92 Å². The fraction of sp³-hybridized carbons (Fsp3) is 0.917. The summed E-state index contributed by atoms with van der Waals surface area (Å²) in [5.41, 5.74) is -1.25. The van der Waals surface area contributed by atoms with Crippen LogP contribution >= 0.6 is 0 Å². The molecule has 0 aromatic carbocycles. The van der Waals surface area contributed by atoms with Gasteiger partial charge in [-0.25, -0.2) is 0 Å². The molecule has 2 N–H and O–H groups in total. The number of hydrogen-bond acceptors (Lipinski definition) is 2. The Balaban J connectivity index is 2.23. The van der Waals surface area contributed by atoms with Crippen LogP contribution in [0.4, 0.5) is 0 Å². The van der Waals surface area contributed by atoms with Gasteiger partial charge in [-0.05, 0) is 38.5 Å². The summed E-state index contributed by atoms with van der Waals surface area (Å²) in [6, 6.07) is 0. The van der Waals surface area contributed by atoms with Crippen LogP contribution < -0.4 is 5.32 Å². The normalized spacial score (nSPS) is 27.5. The molecule has 0 heterocycles. The highest BCUT2D eigenvalue weighted by molar-refractivity contribution is 5.83. The van der Waals surface area contributed by atoms with Crippen LogP contribution in [0.2, 0.25) is 0 Å². The van der Waals surface area contributed by atoms with Crippen molar-refractivity contribution in [3.05, 3.63) is 0 Å². The lowest BCUT2D eigenvalue weighted by molar-refractivity contribution is -0.136. The standard InChI is InChI=1S/C12H23NO2/c1-9-4-6-10(7-5-9)8-13-11(14)12(2,3)15/h9-10,15H,4-8H2,1-3H3,(H,13,14). The lowest BCUT2D eigenvalue weighted by Gasteiger charge is -2.27. The Kier molecular flexibility index (Phi) is 4.14. The second kappa shape index (κ2) is 4.97. The molecule has 3 nitrogen and oxygen atoms in total. The zero-order valence-corrected chi connectivity index (χ0v) is 10.0. The van der Waals surface area contributed by atoms with Crippen molar-refractivity contribution in [2.24, 2.45) is 11.8 Å². The smallest absolute Gasteiger partial charge is 0.251 e. The molecule has 0 unspecified atom stereocenters. The van der Waals surface area contributed by atoms with Gasteiger partial charge in [0.25, 0.3) is 5.91 Å². The second-order valence-corrected chi connectivity index (χ2v) is 5.39. The van der Waals surface area contributed by atoms with Crippen LogP contribution in [0, 0.1) is 11.8 Å². The van der Waals surface area contributed by atoms with Gasteiger partial charge in [-0.1, -0.05) is 19.8 Å². The number of rotatable bonds is 3. The Labute approximate surface area is 92.3 Å². The van der Waals surface area contributed by atoms with Crippen molar-refractivity contribution in [2.45, 2.75) is 52.1 Å². The highest BCUT2D eigenvalue weighted by Gasteiger charge is 2.25. The van der Waals surface area contributed by atoms with Crippen molar-refractivity contribution < 1.29 is 9.90 Å². The molecule has 1 amide bonds. The molecule has 0 atom stereocenters. The quantitative estimate of drug-likeness (QED) is 0.749. The van der Waals surface area contributed by atoms with Crippen molar-refractivity contribution in [3.8, 4) is 0 Å². The lowest BCUT2D eigenvalue weighted by atomic mass is 9.83. The van der Waals surface area contributed by atoms with E-state index >= 15 is 0 Å². The summed E-state index contributed by atoms with van der Waals surface area (Å²) in [7, 11) is 0. The molecule has 0 bridgehead atoms. The third-order valence-corrected chi connectivity index (χ3v) is 3.24. The van der Waals surface area contributed by atoms with Crippen LogP contribution in [0.15, 0.2) is 0 Å². The summed E-state index contributed by atoms with van der Waals surface area (Å²) in [6.07, 6.45) is 4.94. The fourth-order valence-corrected chi connectivity index (χ4v) is 1.99. The van der Waals surface area contributed by atoms with Crippen LogP contribution in [-0.2, 0) is 4.79 Å². The monoisotopic (exact) mass is 213 g/mol. The van der Waals surface area contributed by atoms with E-state index < -0.39 is 5.60 Å². The van der Waals surface area contributed by atoms with E-state index in [-0.39, 0.29) is 5.91 Å². The first kappa shape index (κ1) is 12.5.